The van der Waals surface area contributed by atoms with Gasteiger partial charge in [-0.25, -0.2) is 0 Å². The molecule has 0 fully saturated rings. The zero-order chi connectivity index (χ0) is 19.0. The molecule has 0 atom stereocenters. The molecule has 2 rings (SSSR count). The third-order valence-electron chi connectivity index (χ3n) is 3.71. The van der Waals surface area contributed by atoms with Gasteiger partial charge in [-0.05, 0) is 25.3 Å². The monoisotopic (exact) mass is 371 g/mol. The average Bonchev–Trinajstić information content (AvgIpc) is 2.82. The third-order valence-corrected chi connectivity index (χ3v) is 5.32. The summed E-state index contributed by atoms with van der Waals surface area (Å²) in [7, 11) is 0. The van der Waals surface area contributed by atoms with E-state index in [1.54, 1.807) is 0 Å². The number of aromatic nitrogens is 2. The van der Waals surface area contributed by atoms with E-state index in [0.29, 0.717) is 11.3 Å². The molecule has 0 aliphatic carbocycles. The molecule has 0 aromatic carbocycles. The van der Waals surface area contributed by atoms with Gasteiger partial charge >= 0.3 is 6.18 Å². The maximum Gasteiger partial charge on any atom is 0.417 e. The second-order valence-corrected chi connectivity index (χ2v) is 7.61. The van der Waals surface area contributed by atoms with Crippen LogP contribution >= 0.6 is 11.3 Å². The van der Waals surface area contributed by atoms with Crippen molar-refractivity contribution in [3.8, 4) is 0 Å². The number of halogens is 3. The van der Waals surface area contributed by atoms with Crippen molar-refractivity contribution in [2.75, 3.05) is 0 Å². The Labute approximate surface area is 148 Å². The summed E-state index contributed by atoms with van der Waals surface area (Å²) in [6.07, 6.45) is -2.71. The molecular formula is C17H20F3N3OS. The zero-order valence-corrected chi connectivity index (χ0v) is 15.5. The normalized spacial score (nSPS) is 13.4. The van der Waals surface area contributed by atoms with Crippen LogP contribution in [0, 0.1) is 6.92 Å². The number of hydrogen-bond donors (Lipinski definition) is 0. The molecule has 0 saturated heterocycles. The van der Waals surface area contributed by atoms with Gasteiger partial charge in [0.25, 0.3) is 5.91 Å². The number of nitrogens with zero attached hydrogens (tertiary/aromatic N) is 3. The van der Waals surface area contributed by atoms with Crippen molar-refractivity contribution in [2.45, 2.75) is 52.8 Å². The first kappa shape index (κ1) is 19.4. The van der Waals surface area contributed by atoms with Crippen LogP contribution < -0.4 is 4.80 Å². The number of hydrogen-bond acceptors (Lipinski definition) is 3. The second kappa shape index (κ2) is 6.74. The molecular weight excluding hydrogens is 351 g/mol. The standard InChI is InChI=1S/C17H20F3N3OS/c1-6-23-10(2)13(16(3,4)5)25-15(23)22-14(24)11-9-21-8-7-12(11)17(18,19)20/h7-9H,6H2,1-5H3. The Morgan fingerprint density at radius 3 is 2.48 bits per heavy atom. The molecule has 25 heavy (non-hydrogen) atoms. The summed E-state index contributed by atoms with van der Waals surface area (Å²) in [5.41, 5.74) is -0.744. The highest BCUT2D eigenvalue weighted by molar-refractivity contribution is 7.09. The maximum atomic E-state index is 13.1. The van der Waals surface area contributed by atoms with E-state index in [0.717, 1.165) is 29.0 Å². The lowest BCUT2D eigenvalue weighted by Crippen LogP contribution is -2.19. The molecule has 0 spiro atoms. The Balaban J connectivity index is 2.62. The summed E-state index contributed by atoms with van der Waals surface area (Å²) < 4.78 is 41.1. The fourth-order valence-corrected chi connectivity index (χ4v) is 3.85. The van der Waals surface area contributed by atoms with Gasteiger partial charge in [0.15, 0.2) is 4.80 Å². The van der Waals surface area contributed by atoms with Crippen LogP contribution in [0.3, 0.4) is 0 Å². The molecule has 0 unspecified atom stereocenters. The van der Waals surface area contributed by atoms with Gasteiger partial charge in [0.2, 0.25) is 0 Å². The number of amides is 1. The van der Waals surface area contributed by atoms with Gasteiger partial charge in [0, 0.05) is 29.5 Å². The largest absolute Gasteiger partial charge is 0.417 e. The highest BCUT2D eigenvalue weighted by Crippen LogP contribution is 2.32. The fraction of sp³-hybridized carbons (Fsp3) is 0.471. The number of thiazole rings is 1. The van der Waals surface area contributed by atoms with E-state index in [2.05, 4.69) is 9.98 Å². The number of alkyl halides is 3. The highest BCUT2D eigenvalue weighted by Gasteiger charge is 2.35. The van der Waals surface area contributed by atoms with Crippen molar-refractivity contribution in [2.24, 2.45) is 4.99 Å². The topological polar surface area (TPSA) is 47.2 Å². The van der Waals surface area contributed by atoms with Crippen LogP contribution in [0.2, 0.25) is 0 Å². The van der Waals surface area contributed by atoms with E-state index < -0.39 is 23.2 Å². The van der Waals surface area contributed by atoms with Crippen molar-refractivity contribution in [3.63, 3.8) is 0 Å². The van der Waals surface area contributed by atoms with Crippen LogP contribution in [0.1, 0.15) is 54.2 Å². The minimum atomic E-state index is -4.63. The van der Waals surface area contributed by atoms with Gasteiger partial charge in [-0.1, -0.05) is 20.8 Å². The lowest BCUT2D eigenvalue weighted by Gasteiger charge is -2.17. The molecule has 0 N–H and O–H groups in total. The number of carbonyl (C=O) groups is 1. The molecule has 0 aliphatic rings. The average molecular weight is 371 g/mol. The minimum Gasteiger partial charge on any atom is -0.321 e. The Hall–Kier alpha value is -1.96. The van der Waals surface area contributed by atoms with Gasteiger partial charge in [-0.15, -0.1) is 11.3 Å². The first-order valence-corrected chi connectivity index (χ1v) is 8.59. The van der Waals surface area contributed by atoms with Crippen molar-refractivity contribution >= 4 is 17.2 Å². The highest BCUT2D eigenvalue weighted by atomic mass is 32.1. The molecule has 0 saturated carbocycles. The maximum absolute atomic E-state index is 13.1. The molecule has 8 heteroatoms. The minimum absolute atomic E-state index is 0.145. The summed E-state index contributed by atoms with van der Waals surface area (Å²) in [6.45, 7) is 10.5. The summed E-state index contributed by atoms with van der Waals surface area (Å²) in [5.74, 6) is -0.940. The Kier molecular flexibility index (Phi) is 5.22. The van der Waals surface area contributed by atoms with E-state index in [1.807, 2.05) is 39.2 Å². The predicted octanol–water partition coefficient (Wildman–Crippen LogP) is 4.33. The lowest BCUT2D eigenvalue weighted by atomic mass is 9.93. The first-order chi connectivity index (χ1) is 11.5. The van der Waals surface area contributed by atoms with Crippen LogP contribution in [0.25, 0.3) is 0 Å². The van der Waals surface area contributed by atoms with Crippen LogP contribution in [0.4, 0.5) is 13.2 Å². The lowest BCUT2D eigenvalue weighted by molar-refractivity contribution is -0.138. The fourth-order valence-electron chi connectivity index (χ4n) is 2.60. The summed E-state index contributed by atoms with van der Waals surface area (Å²) in [5, 5.41) is 0. The van der Waals surface area contributed by atoms with E-state index in [1.165, 1.54) is 11.3 Å². The quantitative estimate of drug-likeness (QED) is 0.789. The van der Waals surface area contributed by atoms with Crippen LogP contribution in [0.15, 0.2) is 23.5 Å². The van der Waals surface area contributed by atoms with Crippen LogP contribution in [-0.4, -0.2) is 15.5 Å². The van der Waals surface area contributed by atoms with Crippen molar-refractivity contribution in [3.05, 3.63) is 45.0 Å². The number of pyridine rings is 1. The molecule has 1 amide bonds. The van der Waals surface area contributed by atoms with E-state index in [-0.39, 0.29) is 5.41 Å². The van der Waals surface area contributed by atoms with Crippen molar-refractivity contribution < 1.29 is 18.0 Å². The first-order valence-electron chi connectivity index (χ1n) is 7.77. The van der Waals surface area contributed by atoms with Crippen molar-refractivity contribution in [1.82, 2.24) is 9.55 Å². The molecule has 4 nitrogen and oxygen atoms in total. The Bertz CT molecular complexity index is 857. The molecule has 2 aromatic heterocycles. The van der Waals surface area contributed by atoms with Gasteiger partial charge in [-0.3, -0.25) is 9.78 Å². The molecule has 0 radical (unpaired) electrons. The summed E-state index contributed by atoms with van der Waals surface area (Å²) in [6, 6.07) is 0.789. The van der Waals surface area contributed by atoms with Crippen molar-refractivity contribution in [1.29, 1.82) is 0 Å². The molecule has 2 aromatic rings. The van der Waals surface area contributed by atoms with E-state index in [4.69, 9.17) is 0 Å². The number of rotatable bonds is 2. The summed E-state index contributed by atoms with van der Waals surface area (Å²) in [4.78, 5) is 21.5. The van der Waals surface area contributed by atoms with Gasteiger partial charge in [0.05, 0.1) is 11.1 Å². The van der Waals surface area contributed by atoms with Gasteiger partial charge in [-0.2, -0.15) is 18.2 Å². The Morgan fingerprint density at radius 1 is 1.32 bits per heavy atom. The van der Waals surface area contributed by atoms with E-state index in [9.17, 15) is 18.0 Å². The zero-order valence-electron chi connectivity index (χ0n) is 14.7. The number of carbonyl (C=O) groups excluding carboxylic acids is 1. The van der Waals surface area contributed by atoms with E-state index >= 15 is 0 Å². The van der Waals surface area contributed by atoms with Gasteiger partial charge < -0.3 is 4.57 Å². The smallest absolute Gasteiger partial charge is 0.321 e. The molecule has 0 aliphatic heterocycles. The SMILES string of the molecule is CCn1c(C)c(C(C)(C)C)sc1=NC(=O)c1cnccc1C(F)(F)F. The molecule has 136 valence electrons. The summed E-state index contributed by atoms with van der Waals surface area (Å²) >= 11 is 1.33. The predicted molar refractivity (Wildman–Crippen MR) is 90.6 cm³/mol. The third kappa shape index (κ3) is 4.00. The molecule has 0 bridgehead atoms. The second-order valence-electron chi connectivity index (χ2n) is 6.63. The van der Waals surface area contributed by atoms with Gasteiger partial charge in [0.1, 0.15) is 0 Å². The Morgan fingerprint density at radius 2 is 1.96 bits per heavy atom. The molecule has 2 heterocycles. The van der Waals surface area contributed by atoms with Crippen LogP contribution in [0.5, 0.6) is 0 Å². The van der Waals surface area contributed by atoms with Crippen LogP contribution in [-0.2, 0) is 18.1 Å².